The minimum absolute atomic E-state index is 0.111. The van der Waals surface area contributed by atoms with Gasteiger partial charge in [0.15, 0.2) is 5.60 Å². The molecule has 1 aromatic carbocycles. The van der Waals surface area contributed by atoms with E-state index in [1.807, 2.05) is 6.07 Å². The van der Waals surface area contributed by atoms with Crippen LogP contribution in [0.25, 0.3) is 5.57 Å². The van der Waals surface area contributed by atoms with Gasteiger partial charge < -0.3 is 14.6 Å². The zero-order chi connectivity index (χ0) is 17.7. The Morgan fingerprint density at radius 2 is 1.65 bits per heavy atom. The zero-order valence-corrected chi connectivity index (χ0v) is 14.0. The zero-order valence-electron chi connectivity index (χ0n) is 14.0. The Balaban J connectivity index is 3.52. The molecule has 0 aliphatic carbocycles. The molecule has 0 aliphatic rings. The third-order valence-corrected chi connectivity index (χ3v) is 3.52. The summed E-state index contributed by atoms with van der Waals surface area (Å²) in [5.41, 5.74) is 0.602. The van der Waals surface area contributed by atoms with E-state index in [0.717, 1.165) is 6.08 Å². The van der Waals surface area contributed by atoms with E-state index in [-0.39, 0.29) is 5.57 Å². The molecule has 0 bridgehead atoms. The molecule has 0 amide bonds. The van der Waals surface area contributed by atoms with Crippen LogP contribution in [0.3, 0.4) is 0 Å². The van der Waals surface area contributed by atoms with E-state index in [2.05, 4.69) is 10.5 Å². The van der Waals surface area contributed by atoms with E-state index in [9.17, 15) is 14.7 Å². The molecule has 0 fully saturated rings. The maximum absolute atomic E-state index is 12.0. The van der Waals surface area contributed by atoms with Crippen molar-refractivity contribution in [1.29, 1.82) is 0 Å². The Morgan fingerprint density at radius 1 is 1.09 bits per heavy atom. The van der Waals surface area contributed by atoms with Gasteiger partial charge in [-0.15, -0.1) is 5.73 Å². The van der Waals surface area contributed by atoms with Gasteiger partial charge >= 0.3 is 11.9 Å². The fourth-order valence-electron chi connectivity index (χ4n) is 1.88. The smallest absolute Gasteiger partial charge is 0.346 e. The number of hydrogen-bond donors (Lipinski definition) is 1. The lowest BCUT2D eigenvalue weighted by Crippen LogP contribution is -2.49. The van der Waals surface area contributed by atoms with E-state index in [0.29, 0.717) is 5.56 Å². The molecule has 1 atom stereocenters. The normalized spacial score (nSPS) is 13.3. The molecular weight excluding hydrogens is 296 g/mol. The molecule has 1 N–H and O–H groups in total. The summed E-state index contributed by atoms with van der Waals surface area (Å²) in [6.07, 6.45) is 1.15. The SMILES string of the molecule is COC(=O)C(=C=CC(O)(C(=O)OC)C(C)(C)C)c1ccccc1. The van der Waals surface area contributed by atoms with Crippen LogP contribution in [0, 0.1) is 5.41 Å². The number of methoxy groups -OCH3 is 2. The maximum atomic E-state index is 12.0. The average molecular weight is 318 g/mol. The first-order valence-electron chi connectivity index (χ1n) is 7.09. The van der Waals surface area contributed by atoms with E-state index < -0.39 is 23.0 Å². The second-order valence-electron chi connectivity index (χ2n) is 6.03. The second-order valence-corrected chi connectivity index (χ2v) is 6.03. The number of hydrogen-bond acceptors (Lipinski definition) is 5. The fourth-order valence-corrected chi connectivity index (χ4v) is 1.88. The van der Waals surface area contributed by atoms with Gasteiger partial charge in [0.25, 0.3) is 0 Å². The quantitative estimate of drug-likeness (QED) is 0.524. The molecule has 0 aliphatic heterocycles. The van der Waals surface area contributed by atoms with Gasteiger partial charge in [-0.1, -0.05) is 51.1 Å². The summed E-state index contributed by atoms with van der Waals surface area (Å²) < 4.78 is 9.43. The molecule has 1 rings (SSSR count). The summed E-state index contributed by atoms with van der Waals surface area (Å²) in [6.45, 7) is 5.05. The van der Waals surface area contributed by atoms with E-state index >= 15 is 0 Å². The molecule has 0 saturated carbocycles. The molecule has 0 radical (unpaired) electrons. The lowest BCUT2D eigenvalue weighted by molar-refractivity contribution is -0.166. The van der Waals surface area contributed by atoms with Crippen LogP contribution < -0.4 is 0 Å². The van der Waals surface area contributed by atoms with Crippen LogP contribution in [-0.4, -0.2) is 36.9 Å². The molecule has 5 nitrogen and oxygen atoms in total. The predicted octanol–water partition coefficient (Wildman–Crippen LogP) is 2.35. The van der Waals surface area contributed by atoms with Gasteiger partial charge in [-0.05, 0) is 5.56 Å². The van der Waals surface area contributed by atoms with Crippen LogP contribution in [0.5, 0.6) is 0 Å². The highest BCUT2D eigenvalue weighted by atomic mass is 16.5. The van der Waals surface area contributed by atoms with Gasteiger partial charge in [0.05, 0.1) is 14.2 Å². The molecule has 0 heterocycles. The van der Waals surface area contributed by atoms with Crippen molar-refractivity contribution in [2.45, 2.75) is 26.4 Å². The van der Waals surface area contributed by atoms with Gasteiger partial charge in [-0.2, -0.15) is 0 Å². The lowest BCUT2D eigenvalue weighted by Gasteiger charge is -2.34. The van der Waals surface area contributed by atoms with Crippen LogP contribution in [0.15, 0.2) is 42.1 Å². The van der Waals surface area contributed by atoms with Crippen LogP contribution in [0.1, 0.15) is 26.3 Å². The van der Waals surface area contributed by atoms with Crippen LogP contribution in [0.2, 0.25) is 0 Å². The Kier molecular flexibility index (Phi) is 5.91. The highest BCUT2D eigenvalue weighted by Gasteiger charge is 2.46. The molecule has 1 aromatic rings. The molecule has 0 aromatic heterocycles. The average Bonchev–Trinajstić information content (AvgIpc) is 2.53. The van der Waals surface area contributed by atoms with Gasteiger partial charge in [-0.25, -0.2) is 9.59 Å². The largest absolute Gasteiger partial charge is 0.467 e. The Hall–Kier alpha value is -2.36. The van der Waals surface area contributed by atoms with Crippen molar-refractivity contribution in [2.75, 3.05) is 14.2 Å². The number of carbonyl (C=O) groups excluding carboxylic acids is 2. The lowest BCUT2D eigenvalue weighted by atomic mass is 9.76. The molecular formula is C18H22O5. The summed E-state index contributed by atoms with van der Waals surface area (Å²) in [4.78, 5) is 24.0. The first-order valence-corrected chi connectivity index (χ1v) is 7.09. The number of esters is 2. The number of benzene rings is 1. The van der Waals surface area contributed by atoms with Crippen molar-refractivity contribution in [3.63, 3.8) is 0 Å². The van der Waals surface area contributed by atoms with E-state index in [1.54, 1.807) is 45.0 Å². The Bertz CT molecular complexity index is 633. The summed E-state index contributed by atoms with van der Waals surface area (Å²) in [5.74, 6) is -1.44. The minimum atomic E-state index is -1.93. The van der Waals surface area contributed by atoms with Crippen LogP contribution in [-0.2, 0) is 19.1 Å². The summed E-state index contributed by atoms with van der Waals surface area (Å²) >= 11 is 0. The Morgan fingerprint density at radius 3 is 2.09 bits per heavy atom. The Labute approximate surface area is 136 Å². The van der Waals surface area contributed by atoms with Crippen molar-refractivity contribution in [3.05, 3.63) is 47.7 Å². The number of rotatable bonds is 4. The van der Waals surface area contributed by atoms with Crippen molar-refractivity contribution in [3.8, 4) is 0 Å². The molecule has 1 unspecified atom stereocenters. The van der Waals surface area contributed by atoms with Gasteiger partial charge in [0.1, 0.15) is 5.57 Å². The molecule has 124 valence electrons. The second kappa shape index (κ2) is 7.27. The summed E-state index contributed by atoms with van der Waals surface area (Å²) in [6, 6.07) is 8.75. The first kappa shape index (κ1) is 18.7. The standard InChI is InChI=1S/C18H22O5/c1-17(2,3)18(21,16(20)23-5)12-11-14(15(19)22-4)13-9-7-6-8-10-13/h6-10,12,21H,1-5H3. The predicted molar refractivity (Wildman–Crippen MR) is 86.4 cm³/mol. The van der Waals surface area contributed by atoms with Gasteiger partial charge in [0.2, 0.25) is 0 Å². The monoisotopic (exact) mass is 318 g/mol. The van der Waals surface area contributed by atoms with E-state index in [4.69, 9.17) is 4.74 Å². The van der Waals surface area contributed by atoms with Crippen LogP contribution >= 0.6 is 0 Å². The molecule has 23 heavy (non-hydrogen) atoms. The summed E-state index contributed by atoms with van der Waals surface area (Å²) in [7, 11) is 2.44. The minimum Gasteiger partial charge on any atom is -0.467 e. The third kappa shape index (κ3) is 4.09. The van der Waals surface area contributed by atoms with Crippen LogP contribution in [0.4, 0.5) is 0 Å². The number of ether oxygens (including phenoxy) is 2. The van der Waals surface area contributed by atoms with Crippen molar-refractivity contribution in [2.24, 2.45) is 5.41 Å². The maximum Gasteiger partial charge on any atom is 0.346 e. The summed E-state index contributed by atoms with van der Waals surface area (Å²) in [5, 5.41) is 10.7. The number of aliphatic hydroxyl groups is 1. The molecule has 0 spiro atoms. The number of carbonyl (C=O) groups is 2. The highest BCUT2D eigenvalue weighted by molar-refractivity contribution is 6.16. The van der Waals surface area contributed by atoms with Gasteiger partial charge in [-0.3, -0.25) is 0 Å². The van der Waals surface area contributed by atoms with E-state index in [1.165, 1.54) is 14.2 Å². The third-order valence-electron chi connectivity index (χ3n) is 3.52. The highest BCUT2D eigenvalue weighted by Crippen LogP contribution is 2.33. The molecule has 5 heteroatoms. The fraction of sp³-hybridized carbons (Fsp3) is 0.389. The topological polar surface area (TPSA) is 72.8 Å². The van der Waals surface area contributed by atoms with Crippen molar-refractivity contribution in [1.82, 2.24) is 0 Å². The van der Waals surface area contributed by atoms with Gasteiger partial charge in [0, 0.05) is 11.5 Å². The first-order chi connectivity index (χ1) is 10.7. The van der Waals surface area contributed by atoms with Crippen molar-refractivity contribution < 1.29 is 24.2 Å². The molecule has 0 saturated heterocycles. The van der Waals surface area contributed by atoms with Crippen molar-refractivity contribution >= 4 is 17.5 Å².